The fourth-order valence-corrected chi connectivity index (χ4v) is 2.82. The second-order valence-corrected chi connectivity index (χ2v) is 6.08. The molecule has 0 fully saturated rings. The third kappa shape index (κ3) is 3.54. The van der Waals surface area contributed by atoms with Gasteiger partial charge in [-0.3, -0.25) is 0 Å². The Labute approximate surface area is 141 Å². The molecule has 0 amide bonds. The molecule has 0 aliphatic heterocycles. The van der Waals surface area contributed by atoms with Gasteiger partial charge in [-0.25, -0.2) is 14.1 Å². The van der Waals surface area contributed by atoms with Gasteiger partial charge in [0.15, 0.2) is 0 Å². The molecule has 2 aromatic heterocycles. The Kier molecular flexibility index (Phi) is 4.76. The molecule has 0 saturated heterocycles. The highest BCUT2D eigenvalue weighted by molar-refractivity contribution is 5.37. The standard InChI is InChI=1S/C18H22FN5/c1-13(11-23-9-8-20-12-23)21-10-18-14(2)22-24(15(18)3)17-6-4-16(19)5-7-17/h4-9,12-13,21H,10-11H2,1-3H3/t13-/m1/s1. The van der Waals surface area contributed by atoms with Gasteiger partial charge in [0.25, 0.3) is 0 Å². The molecule has 1 aromatic carbocycles. The lowest BCUT2D eigenvalue weighted by molar-refractivity contribution is 0.475. The predicted octanol–water partition coefficient (Wildman–Crippen LogP) is 3.00. The molecule has 2 heterocycles. The molecule has 0 aliphatic carbocycles. The van der Waals surface area contributed by atoms with Crippen molar-refractivity contribution in [2.45, 2.75) is 39.9 Å². The predicted molar refractivity (Wildman–Crippen MR) is 91.5 cm³/mol. The zero-order chi connectivity index (χ0) is 17.1. The maximum Gasteiger partial charge on any atom is 0.123 e. The van der Waals surface area contributed by atoms with Crippen molar-refractivity contribution in [2.24, 2.45) is 0 Å². The van der Waals surface area contributed by atoms with Crippen molar-refractivity contribution in [1.82, 2.24) is 24.6 Å². The first kappa shape index (κ1) is 16.4. The maximum atomic E-state index is 13.1. The summed E-state index contributed by atoms with van der Waals surface area (Å²) in [6.45, 7) is 7.81. The molecule has 0 saturated carbocycles. The Morgan fingerprint density at radius 1 is 1.21 bits per heavy atom. The van der Waals surface area contributed by atoms with E-state index in [1.807, 2.05) is 31.1 Å². The van der Waals surface area contributed by atoms with Crippen molar-refractivity contribution in [1.29, 1.82) is 0 Å². The molecular weight excluding hydrogens is 305 g/mol. The van der Waals surface area contributed by atoms with Crippen molar-refractivity contribution in [3.63, 3.8) is 0 Å². The van der Waals surface area contributed by atoms with Gasteiger partial charge in [-0.05, 0) is 45.0 Å². The number of hydrogen-bond donors (Lipinski definition) is 1. The van der Waals surface area contributed by atoms with E-state index in [1.54, 1.807) is 18.3 Å². The quantitative estimate of drug-likeness (QED) is 0.757. The molecule has 1 N–H and O–H groups in total. The van der Waals surface area contributed by atoms with Crippen LogP contribution in [-0.2, 0) is 13.1 Å². The van der Waals surface area contributed by atoms with Crippen LogP contribution < -0.4 is 5.32 Å². The smallest absolute Gasteiger partial charge is 0.123 e. The van der Waals surface area contributed by atoms with Gasteiger partial charge in [0.05, 0.1) is 17.7 Å². The molecule has 1 atom stereocenters. The van der Waals surface area contributed by atoms with Crippen LogP contribution in [0.1, 0.15) is 23.9 Å². The van der Waals surface area contributed by atoms with Crippen LogP contribution in [-0.4, -0.2) is 25.4 Å². The Balaban J connectivity index is 1.71. The highest BCUT2D eigenvalue weighted by Crippen LogP contribution is 2.18. The Bertz CT molecular complexity index is 790. The molecule has 3 aromatic rings. The average molecular weight is 327 g/mol. The third-order valence-electron chi connectivity index (χ3n) is 4.18. The van der Waals surface area contributed by atoms with E-state index in [2.05, 4.69) is 26.9 Å². The molecule has 0 aliphatic rings. The number of hydrogen-bond acceptors (Lipinski definition) is 3. The zero-order valence-corrected chi connectivity index (χ0v) is 14.2. The first-order valence-corrected chi connectivity index (χ1v) is 8.04. The largest absolute Gasteiger partial charge is 0.336 e. The molecule has 0 bridgehead atoms. The number of aromatic nitrogens is 4. The van der Waals surface area contributed by atoms with E-state index in [1.165, 1.54) is 17.7 Å². The lowest BCUT2D eigenvalue weighted by atomic mass is 10.2. The topological polar surface area (TPSA) is 47.7 Å². The number of nitrogens with zero attached hydrogens (tertiary/aromatic N) is 4. The summed E-state index contributed by atoms with van der Waals surface area (Å²) in [7, 11) is 0. The van der Waals surface area contributed by atoms with Crippen molar-refractivity contribution in [3.05, 3.63) is 65.8 Å². The first-order valence-electron chi connectivity index (χ1n) is 8.04. The van der Waals surface area contributed by atoms with Crippen molar-refractivity contribution in [3.8, 4) is 5.69 Å². The van der Waals surface area contributed by atoms with E-state index >= 15 is 0 Å². The van der Waals surface area contributed by atoms with E-state index < -0.39 is 0 Å². The second kappa shape index (κ2) is 6.97. The summed E-state index contributed by atoms with van der Waals surface area (Å²) in [6.07, 6.45) is 5.57. The summed E-state index contributed by atoms with van der Waals surface area (Å²) >= 11 is 0. The average Bonchev–Trinajstić information content (AvgIpc) is 3.15. The van der Waals surface area contributed by atoms with Crippen LogP contribution in [0.2, 0.25) is 0 Å². The van der Waals surface area contributed by atoms with Gasteiger partial charge in [-0.2, -0.15) is 5.10 Å². The molecule has 6 heteroatoms. The van der Waals surface area contributed by atoms with Crippen LogP contribution in [0.3, 0.4) is 0 Å². The van der Waals surface area contributed by atoms with Crippen molar-refractivity contribution >= 4 is 0 Å². The number of rotatable bonds is 6. The molecule has 0 spiro atoms. The lowest BCUT2D eigenvalue weighted by Gasteiger charge is -2.14. The first-order chi connectivity index (χ1) is 11.5. The van der Waals surface area contributed by atoms with Gasteiger partial charge in [-0.15, -0.1) is 0 Å². The Hall–Kier alpha value is -2.47. The van der Waals surface area contributed by atoms with Gasteiger partial charge in [0.1, 0.15) is 5.82 Å². The van der Waals surface area contributed by atoms with Crippen LogP contribution >= 0.6 is 0 Å². The van der Waals surface area contributed by atoms with E-state index in [9.17, 15) is 4.39 Å². The minimum absolute atomic E-state index is 0.240. The van der Waals surface area contributed by atoms with E-state index in [-0.39, 0.29) is 5.82 Å². The monoisotopic (exact) mass is 327 g/mol. The summed E-state index contributed by atoms with van der Waals surface area (Å²) < 4.78 is 17.0. The highest BCUT2D eigenvalue weighted by Gasteiger charge is 2.13. The number of nitrogens with one attached hydrogen (secondary N) is 1. The minimum atomic E-state index is -0.240. The summed E-state index contributed by atoms with van der Waals surface area (Å²) in [5.41, 5.74) is 4.10. The molecule has 3 rings (SSSR count). The SMILES string of the molecule is Cc1nn(-c2ccc(F)cc2)c(C)c1CN[C@H](C)Cn1ccnc1. The Morgan fingerprint density at radius 3 is 2.62 bits per heavy atom. The number of benzene rings is 1. The molecule has 5 nitrogen and oxygen atoms in total. The molecule has 126 valence electrons. The van der Waals surface area contributed by atoms with E-state index in [4.69, 9.17) is 0 Å². The van der Waals surface area contributed by atoms with E-state index in [0.29, 0.717) is 6.04 Å². The fraction of sp³-hybridized carbons (Fsp3) is 0.333. The van der Waals surface area contributed by atoms with Crippen LogP contribution in [0, 0.1) is 19.7 Å². The van der Waals surface area contributed by atoms with Gasteiger partial charge >= 0.3 is 0 Å². The number of aryl methyl sites for hydroxylation is 1. The lowest BCUT2D eigenvalue weighted by Crippen LogP contribution is -2.30. The van der Waals surface area contributed by atoms with Crippen molar-refractivity contribution in [2.75, 3.05) is 0 Å². The molecule has 0 radical (unpaired) electrons. The third-order valence-corrected chi connectivity index (χ3v) is 4.18. The molecule has 24 heavy (non-hydrogen) atoms. The highest BCUT2D eigenvalue weighted by atomic mass is 19.1. The van der Waals surface area contributed by atoms with Crippen LogP contribution in [0.4, 0.5) is 4.39 Å². The summed E-state index contributed by atoms with van der Waals surface area (Å²) in [5, 5.41) is 8.13. The minimum Gasteiger partial charge on any atom is -0.336 e. The van der Waals surface area contributed by atoms with Gasteiger partial charge < -0.3 is 9.88 Å². The zero-order valence-electron chi connectivity index (χ0n) is 14.2. The molecular formula is C18H22FN5. The summed E-state index contributed by atoms with van der Waals surface area (Å²) in [4.78, 5) is 4.06. The fourth-order valence-electron chi connectivity index (χ4n) is 2.82. The van der Waals surface area contributed by atoms with Gasteiger partial charge in [-0.1, -0.05) is 0 Å². The second-order valence-electron chi connectivity index (χ2n) is 6.08. The van der Waals surface area contributed by atoms with Crippen LogP contribution in [0.15, 0.2) is 43.0 Å². The normalized spacial score (nSPS) is 12.5. The maximum absolute atomic E-state index is 13.1. The molecule has 0 unspecified atom stereocenters. The van der Waals surface area contributed by atoms with E-state index in [0.717, 1.165) is 30.2 Å². The van der Waals surface area contributed by atoms with Gasteiger partial charge in [0.2, 0.25) is 0 Å². The van der Waals surface area contributed by atoms with Gasteiger partial charge in [0, 0.05) is 42.8 Å². The number of imidazole rings is 1. The van der Waals surface area contributed by atoms with Crippen LogP contribution in [0.25, 0.3) is 5.69 Å². The van der Waals surface area contributed by atoms with Crippen molar-refractivity contribution < 1.29 is 4.39 Å². The summed E-state index contributed by atoms with van der Waals surface area (Å²) in [6, 6.07) is 6.71. The number of halogens is 1. The van der Waals surface area contributed by atoms with Crippen LogP contribution in [0.5, 0.6) is 0 Å². The summed E-state index contributed by atoms with van der Waals surface area (Å²) in [5.74, 6) is -0.240. The Morgan fingerprint density at radius 2 is 1.96 bits per heavy atom.